The molecular formula is C23H19FN4O4. The third-order valence-electron chi connectivity index (χ3n) is 4.78. The average molecular weight is 434 g/mol. The maximum atomic E-state index is 14.6. The summed E-state index contributed by atoms with van der Waals surface area (Å²) in [5, 5.41) is 17.3. The number of carbonyl (C=O) groups excluding carboxylic acids is 1. The van der Waals surface area contributed by atoms with Crippen LogP contribution in [-0.2, 0) is 4.74 Å². The number of halogens is 1. The molecule has 3 aromatic rings. The van der Waals surface area contributed by atoms with Gasteiger partial charge in [-0.05, 0) is 42.8 Å². The number of benzene rings is 2. The maximum Gasteiger partial charge on any atom is 0.409 e. The minimum atomic E-state index is -0.626. The van der Waals surface area contributed by atoms with Gasteiger partial charge in [0.2, 0.25) is 0 Å². The van der Waals surface area contributed by atoms with E-state index in [1.54, 1.807) is 47.5 Å². The number of aromatic nitrogens is 2. The van der Waals surface area contributed by atoms with E-state index in [0.29, 0.717) is 49.7 Å². The highest BCUT2D eigenvalue weighted by Crippen LogP contribution is 2.32. The third kappa shape index (κ3) is 4.92. The zero-order valence-electron chi connectivity index (χ0n) is 17.0. The Morgan fingerprint density at radius 2 is 2.09 bits per heavy atom. The lowest BCUT2D eigenvalue weighted by Crippen LogP contribution is -2.26. The Hall–Kier alpha value is -4.19. The van der Waals surface area contributed by atoms with Gasteiger partial charge in [0.05, 0.1) is 24.4 Å². The smallest absolute Gasteiger partial charge is 0.409 e. The minimum absolute atomic E-state index is 0.0371. The molecule has 0 N–H and O–H groups in total. The first-order valence-corrected chi connectivity index (χ1v) is 9.98. The summed E-state index contributed by atoms with van der Waals surface area (Å²) >= 11 is 0. The summed E-state index contributed by atoms with van der Waals surface area (Å²) in [6, 6.07) is 14.7. The molecule has 0 aliphatic carbocycles. The van der Waals surface area contributed by atoms with Crippen LogP contribution in [0.2, 0.25) is 0 Å². The molecule has 0 saturated carbocycles. The lowest BCUT2D eigenvalue weighted by atomic mass is 10.1. The van der Waals surface area contributed by atoms with Crippen LogP contribution in [0.15, 0.2) is 54.7 Å². The van der Waals surface area contributed by atoms with E-state index in [9.17, 15) is 14.4 Å². The van der Waals surface area contributed by atoms with Gasteiger partial charge in [0.1, 0.15) is 24.2 Å². The van der Waals surface area contributed by atoms with Crippen molar-refractivity contribution in [3.05, 3.63) is 66.1 Å². The largest absolute Gasteiger partial charge is 0.493 e. The molecule has 162 valence electrons. The fourth-order valence-corrected chi connectivity index (χ4v) is 3.16. The number of amides is 1. The normalized spacial score (nSPS) is 12.9. The Morgan fingerprint density at radius 3 is 2.81 bits per heavy atom. The molecule has 1 aromatic heterocycles. The Kier molecular flexibility index (Phi) is 6.41. The highest BCUT2D eigenvalue weighted by molar-refractivity contribution is 5.69. The Balaban J connectivity index is 1.41. The average Bonchev–Trinajstić information content (AvgIpc) is 3.23. The van der Waals surface area contributed by atoms with Crippen molar-refractivity contribution in [1.82, 2.24) is 15.1 Å². The van der Waals surface area contributed by atoms with E-state index in [-0.39, 0.29) is 23.2 Å². The van der Waals surface area contributed by atoms with Crippen LogP contribution in [0, 0.1) is 17.1 Å². The van der Waals surface area contributed by atoms with Crippen LogP contribution in [0.4, 0.5) is 9.18 Å². The SMILES string of the molecule is N#Cc1ccc(-c2cccnn2)cc1Oc1ccc(OCCCN2CCOC2=O)cc1F. The van der Waals surface area contributed by atoms with Crippen LogP contribution in [0.1, 0.15) is 12.0 Å². The standard InChI is InChI=1S/C23H19FN4O4/c24-19-14-18(30-11-2-9-28-10-12-31-23(28)29)6-7-21(19)32-22-13-16(4-5-17(22)15-25)20-3-1-8-26-27-20/h1,3-8,13-14H,2,9-12H2. The second-order valence-electron chi connectivity index (χ2n) is 6.93. The summed E-state index contributed by atoms with van der Waals surface area (Å²) in [5.41, 5.74) is 1.56. The highest BCUT2D eigenvalue weighted by atomic mass is 19.1. The number of hydrogen-bond donors (Lipinski definition) is 0. The van der Waals surface area contributed by atoms with Crippen molar-refractivity contribution in [3.8, 4) is 34.6 Å². The molecule has 32 heavy (non-hydrogen) atoms. The molecule has 1 fully saturated rings. The van der Waals surface area contributed by atoms with Crippen LogP contribution in [-0.4, -0.2) is 47.5 Å². The minimum Gasteiger partial charge on any atom is -0.493 e. The first kappa shape index (κ1) is 21.1. The fourth-order valence-electron chi connectivity index (χ4n) is 3.16. The molecule has 0 radical (unpaired) electrons. The second kappa shape index (κ2) is 9.75. The molecule has 8 nitrogen and oxygen atoms in total. The first-order chi connectivity index (χ1) is 15.6. The van der Waals surface area contributed by atoms with E-state index in [0.717, 1.165) is 0 Å². The first-order valence-electron chi connectivity index (χ1n) is 9.98. The predicted octanol–water partition coefficient (Wildman–Crippen LogP) is 4.17. The van der Waals surface area contributed by atoms with Crippen molar-refractivity contribution in [3.63, 3.8) is 0 Å². The number of hydrogen-bond acceptors (Lipinski definition) is 7. The van der Waals surface area contributed by atoms with E-state index in [2.05, 4.69) is 10.2 Å². The van der Waals surface area contributed by atoms with Crippen LogP contribution in [0.25, 0.3) is 11.3 Å². The van der Waals surface area contributed by atoms with Crippen LogP contribution < -0.4 is 9.47 Å². The third-order valence-corrected chi connectivity index (χ3v) is 4.78. The number of ether oxygens (including phenoxy) is 3. The monoisotopic (exact) mass is 434 g/mol. The van der Waals surface area contributed by atoms with Crippen LogP contribution >= 0.6 is 0 Å². The number of rotatable bonds is 8. The van der Waals surface area contributed by atoms with Crippen molar-refractivity contribution in [1.29, 1.82) is 5.26 Å². The van der Waals surface area contributed by atoms with Gasteiger partial charge in [-0.25, -0.2) is 9.18 Å². The van der Waals surface area contributed by atoms with Gasteiger partial charge in [-0.15, -0.1) is 0 Å². The van der Waals surface area contributed by atoms with E-state index in [4.69, 9.17) is 14.2 Å². The topological polar surface area (TPSA) is 97.6 Å². The van der Waals surface area contributed by atoms with Crippen molar-refractivity contribution < 1.29 is 23.4 Å². The van der Waals surface area contributed by atoms with Gasteiger partial charge in [0.25, 0.3) is 0 Å². The van der Waals surface area contributed by atoms with Gasteiger partial charge < -0.3 is 19.1 Å². The number of cyclic esters (lactones) is 1. The fraction of sp³-hybridized carbons (Fsp3) is 0.217. The lowest BCUT2D eigenvalue weighted by Gasteiger charge is -2.13. The molecule has 0 bridgehead atoms. The van der Waals surface area contributed by atoms with Gasteiger partial charge in [-0.3, -0.25) is 0 Å². The van der Waals surface area contributed by atoms with Crippen LogP contribution in [0.3, 0.4) is 0 Å². The summed E-state index contributed by atoms with van der Waals surface area (Å²) < 4.78 is 30.7. The zero-order valence-corrected chi connectivity index (χ0v) is 17.0. The van der Waals surface area contributed by atoms with Crippen molar-refractivity contribution >= 4 is 6.09 Å². The molecule has 0 unspecified atom stereocenters. The number of nitrogens with zero attached hydrogens (tertiary/aromatic N) is 4. The summed E-state index contributed by atoms with van der Waals surface area (Å²) in [7, 11) is 0. The molecule has 0 spiro atoms. The second-order valence-corrected chi connectivity index (χ2v) is 6.93. The van der Waals surface area contributed by atoms with Crippen molar-refractivity contribution in [2.75, 3.05) is 26.3 Å². The van der Waals surface area contributed by atoms with Gasteiger partial charge in [0.15, 0.2) is 11.6 Å². The summed E-state index contributed by atoms with van der Waals surface area (Å²) in [5.74, 6) is -0.113. The van der Waals surface area contributed by atoms with Gasteiger partial charge in [-0.2, -0.15) is 15.5 Å². The van der Waals surface area contributed by atoms with Crippen LogP contribution in [0.5, 0.6) is 17.2 Å². The van der Waals surface area contributed by atoms with Gasteiger partial charge in [-0.1, -0.05) is 6.07 Å². The van der Waals surface area contributed by atoms with E-state index in [1.807, 2.05) is 6.07 Å². The molecular weight excluding hydrogens is 415 g/mol. The molecule has 1 aliphatic rings. The number of carbonyl (C=O) groups is 1. The maximum absolute atomic E-state index is 14.6. The number of nitriles is 1. The molecule has 9 heteroatoms. The zero-order chi connectivity index (χ0) is 22.3. The summed E-state index contributed by atoms with van der Waals surface area (Å²) in [6.45, 7) is 1.81. The Morgan fingerprint density at radius 1 is 1.19 bits per heavy atom. The van der Waals surface area contributed by atoms with E-state index in [1.165, 1.54) is 12.1 Å². The molecule has 0 atom stereocenters. The quantitative estimate of drug-likeness (QED) is 0.491. The van der Waals surface area contributed by atoms with Crippen molar-refractivity contribution in [2.24, 2.45) is 0 Å². The molecule has 2 aromatic carbocycles. The highest BCUT2D eigenvalue weighted by Gasteiger charge is 2.21. The van der Waals surface area contributed by atoms with Crippen molar-refractivity contribution in [2.45, 2.75) is 6.42 Å². The molecule has 1 aliphatic heterocycles. The molecule has 4 rings (SSSR count). The van der Waals surface area contributed by atoms with E-state index >= 15 is 0 Å². The summed E-state index contributed by atoms with van der Waals surface area (Å²) in [4.78, 5) is 13.0. The summed E-state index contributed by atoms with van der Waals surface area (Å²) in [6.07, 6.45) is 1.83. The van der Waals surface area contributed by atoms with E-state index < -0.39 is 5.82 Å². The molecule has 1 saturated heterocycles. The molecule has 2 heterocycles. The molecule has 1 amide bonds. The Bertz CT molecular complexity index is 1150. The van der Waals surface area contributed by atoms with Gasteiger partial charge in [0, 0.05) is 24.4 Å². The lowest BCUT2D eigenvalue weighted by molar-refractivity contribution is 0.156. The van der Waals surface area contributed by atoms with Gasteiger partial charge >= 0.3 is 6.09 Å². The predicted molar refractivity (Wildman–Crippen MR) is 112 cm³/mol. The Labute approximate surface area is 183 Å².